The minimum absolute atomic E-state index is 0.0150. The maximum Gasteiger partial charge on any atom is 0.243 e. The molecule has 1 fully saturated rings. The maximum atomic E-state index is 12.3. The SMILES string of the molecule is Cc1cccc(C)c1NC(=O)CNC(=O)[C@H](C)N[C@@H]1CCCC[C@@H]1C. The third-order valence-corrected chi connectivity index (χ3v) is 5.14. The van der Waals surface area contributed by atoms with E-state index in [2.05, 4.69) is 22.9 Å². The van der Waals surface area contributed by atoms with Gasteiger partial charge in [0.1, 0.15) is 0 Å². The summed E-state index contributed by atoms with van der Waals surface area (Å²) >= 11 is 0. The zero-order valence-corrected chi connectivity index (χ0v) is 15.8. The third-order valence-electron chi connectivity index (χ3n) is 5.14. The van der Waals surface area contributed by atoms with Crippen LogP contribution in [-0.4, -0.2) is 30.4 Å². The van der Waals surface area contributed by atoms with Gasteiger partial charge in [0, 0.05) is 11.7 Å². The number of hydrogen-bond donors (Lipinski definition) is 3. The Labute approximate surface area is 151 Å². The van der Waals surface area contributed by atoms with Crippen LogP contribution in [0.1, 0.15) is 50.7 Å². The number of carbonyl (C=O) groups excluding carboxylic acids is 2. The lowest BCUT2D eigenvalue weighted by atomic mass is 9.85. The predicted octanol–water partition coefficient (Wildman–Crippen LogP) is 2.91. The number of para-hydroxylation sites is 1. The molecule has 3 atom stereocenters. The summed E-state index contributed by atoms with van der Waals surface area (Å²) in [4.78, 5) is 24.4. The summed E-state index contributed by atoms with van der Waals surface area (Å²) in [5.41, 5.74) is 2.85. The van der Waals surface area contributed by atoms with E-state index in [1.807, 2.05) is 39.0 Å². The van der Waals surface area contributed by atoms with Gasteiger partial charge in [-0.25, -0.2) is 0 Å². The molecular formula is C20H31N3O2. The average molecular weight is 345 g/mol. The van der Waals surface area contributed by atoms with Gasteiger partial charge in [0.05, 0.1) is 12.6 Å². The predicted molar refractivity (Wildman–Crippen MR) is 102 cm³/mol. The molecule has 5 heteroatoms. The minimum Gasteiger partial charge on any atom is -0.346 e. The van der Waals surface area contributed by atoms with Gasteiger partial charge in [0.2, 0.25) is 11.8 Å². The number of aryl methyl sites for hydroxylation is 2. The Kier molecular flexibility index (Phi) is 7.00. The molecule has 0 unspecified atom stereocenters. The third kappa shape index (κ3) is 5.56. The van der Waals surface area contributed by atoms with Crippen LogP contribution in [0.3, 0.4) is 0 Å². The molecule has 0 bridgehead atoms. The van der Waals surface area contributed by atoms with Gasteiger partial charge in [-0.1, -0.05) is 38.0 Å². The highest BCUT2D eigenvalue weighted by Gasteiger charge is 2.25. The smallest absolute Gasteiger partial charge is 0.243 e. The highest BCUT2D eigenvalue weighted by molar-refractivity contribution is 5.96. The van der Waals surface area contributed by atoms with Crippen molar-refractivity contribution in [1.29, 1.82) is 0 Å². The van der Waals surface area contributed by atoms with Crippen molar-refractivity contribution in [3.63, 3.8) is 0 Å². The summed E-state index contributed by atoms with van der Waals surface area (Å²) in [7, 11) is 0. The van der Waals surface area contributed by atoms with Gasteiger partial charge < -0.3 is 16.0 Å². The first-order chi connectivity index (χ1) is 11.9. The van der Waals surface area contributed by atoms with E-state index in [1.165, 1.54) is 19.3 Å². The molecule has 0 saturated heterocycles. The summed E-state index contributed by atoms with van der Waals surface area (Å²) < 4.78 is 0. The Balaban J connectivity index is 1.79. The standard InChI is InChI=1S/C20H31N3O2/c1-13-8-5-6-11-17(13)22-16(4)20(25)21-12-18(24)23-19-14(2)9-7-10-15(19)3/h7,9-10,13,16-17,22H,5-6,8,11-12H2,1-4H3,(H,21,25)(H,23,24)/t13-,16-,17+/m0/s1. The van der Waals surface area contributed by atoms with Gasteiger partial charge in [-0.15, -0.1) is 0 Å². The van der Waals surface area contributed by atoms with Crippen LogP contribution in [0, 0.1) is 19.8 Å². The molecule has 0 heterocycles. The molecule has 25 heavy (non-hydrogen) atoms. The number of carbonyl (C=O) groups is 2. The number of hydrogen-bond acceptors (Lipinski definition) is 3. The van der Waals surface area contributed by atoms with E-state index in [9.17, 15) is 9.59 Å². The van der Waals surface area contributed by atoms with Crippen LogP contribution < -0.4 is 16.0 Å². The summed E-state index contributed by atoms with van der Waals surface area (Å²) in [6, 6.07) is 5.97. The van der Waals surface area contributed by atoms with Crippen molar-refractivity contribution in [2.24, 2.45) is 5.92 Å². The van der Waals surface area contributed by atoms with Crippen LogP contribution in [0.25, 0.3) is 0 Å². The van der Waals surface area contributed by atoms with Crippen LogP contribution in [0.2, 0.25) is 0 Å². The molecule has 0 spiro atoms. The van der Waals surface area contributed by atoms with Crippen LogP contribution >= 0.6 is 0 Å². The van der Waals surface area contributed by atoms with Crippen molar-refractivity contribution in [2.45, 2.75) is 65.5 Å². The van der Waals surface area contributed by atoms with Gasteiger partial charge >= 0.3 is 0 Å². The van der Waals surface area contributed by atoms with Crippen molar-refractivity contribution in [1.82, 2.24) is 10.6 Å². The van der Waals surface area contributed by atoms with Gasteiger partial charge in [-0.3, -0.25) is 9.59 Å². The molecule has 5 nitrogen and oxygen atoms in total. The Morgan fingerprint density at radius 2 is 1.80 bits per heavy atom. The van der Waals surface area contributed by atoms with Gasteiger partial charge in [-0.05, 0) is 50.7 Å². The first kappa shape index (κ1) is 19.4. The van der Waals surface area contributed by atoms with E-state index in [0.717, 1.165) is 23.2 Å². The Hall–Kier alpha value is -1.88. The Morgan fingerprint density at radius 3 is 2.44 bits per heavy atom. The van der Waals surface area contributed by atoms with E-state index >= 15 is 0 Å². The molecular weight excluding hydrogens is 314 g/mol. The zero-order chi connectivity index (χ0) is 18.4. The number of rotatable bonds is 6. The molecule has 1 aromatic carbocycles. The lowest BCUT2D eigenvalue weighted by Gasteiger charge is -2.31. The largest absolute Gasteiger partial charge is 0.346 e. The molecule has 1 aliphatic rings. The Morgan fingerprint density at radius 1 is 1.16 bits per heavy atom. The second-order valence-corrected chi connectivity index (χ2v) is 7.29. The van der Waals surface area contributed by atoms with Crippen molar-refractivity contribution in [3.05, 3.63) is 29.3 Å². The van der Waals surface area contributed by atoms with E-state index in [-0.39, 0.29) is 24.4 Å². The molecule has 2 rings (SSSR count). The molecule has 1 aliphatic carbocycles. The van der Waals surface area contributed by atoms with E-state index < -0.39 is 0 Å². The van der Waals surface area contributed by atoms with Crippen molar-refractivity contribution >= 4 is 17.5 Å². The molecule has 3 N–H and O–H groups in total. The number of amides is 2. The number of anilines is 1. The molecule has 2 amide bonds. The zero-order valence-electron chi connectivity index (χ0n) is 15.8. The summed E-state index contributed by atoms with van der Waals surface area (Å²) in [6.45, 7) is 8.00. The summed E-state index contributed by atoms with van der Waals surface area (Å²) in [6.07, 6.45) is 4.82. The second kappa shape index (κ2) is 8.99. The van der Waals surface area contributed by atoms with E-state index in [1.54, 1.807) is 0 Å². The fourth-order valence-corrected chi connectivity index (χ4v) is 3.48. The lowest BCUT2D eigenvalue weighted by Crippen LogP contribution is -2.50. The average Bonchev–Trinajstić information content (AvgIpc) is 2.58. The van der Waals surface area contributed by atoms with Crippen LogP contribution in [0.4, 0.5) is 5.69 Å². The summed E-state index contributed by atoms with van der Waals surface area (Å²) in [5, 5.41) is 9.04. The molecule has 0 aromatic heterocycles. The van der Waals surface area contributed by atoms with Crippen molar-refractivity contribution in [3.8, 4) is 0 Å². The molecule has 0 radical (unpaired) electrons. The monoisotopic (exact) mass is 345 g/mol. The maximum absolute atomic E-state index is 12.3. The molecule has 1 aromatic rings. The van der Waals surface area contributed by atoms with Crippen LogP contribution in [-0.2, 0) is 9.59 Å². The van der Waals surface area contributed by atoms with Crippen LogP contribution in [0.5, 0.6) is 0 Å². The number of benzene rings is 1. The normalized spacial score (nSPS) is 21.4. The first-order valence-electron chi connectivity index (χ1n) is 9.28. The van der Waals surface area contributed by atoms with Crippen LogP contribution in [0.15, 0.2) is 18.2 Å². The van der Waals surface area contributed by atoms with Gasteiger partial charge in [0.15, 0.2) is 0 Å². The van der Waals surface area contributed by atoms with Gasteiger partial charge in [-0.2, -0.15) is 0 Å². The van der Waals surface area contributed by atoms with E-state index in [0.29, 0.717) is 12.0 Å². The topological polar surface area (TPSA) is 70.2 Å². The quantitative estimate of drug-likeness (QED) is 0.742. The molecule has 138 valence electrons. The van der Waals surface area contributed by atoms with E-state index in [4.69, 9.17) is 0 Å². The van der Waals surface area contributed by atoms with Crippen molar-refractivity contribution < 1.29 is 9.59 Å². The highest BCUT2D eigenvalue weighted by Crippen LogP contribution is 2.24. The molecule has 0 aliphatic heterocycles. The van der Waals surface area contributed by atoms with Crippen molar-refractivity contribution in [2.75, 3.05) is 11.9 Å². The minimum atomic E-state index is -0.293. The van der Waals surface area contributed by atoms with Gasteiger partial charge in [0.25, 0.3) is 0 Å². The molecule has 1 saturated carbocycles. The highest BCUT2D eigenvalue weighted by atomic mass is 16.2. The summed E-state index contributed by atoms with van der Waals surface area (Å²) in [5.74, 6) is 0.259. The fourth-order valence-electron chi connectivity index (χ4n) is 3.48. The fraction of sp³-hybridized carbons (Fsp3) is 0.600. The Bertz CT molecular complexity index is 595. The first-order valence-corrected chi connectivity index (χ1v) is 9.28. The number of nitrogens with one attached hydrogen (secondary N) is 3. The second-order valence-electron chi connectivity index (χ2n) is 7.29. The lowest BCUT2D eigenvalue weighted by molar-refractivity contribution is -0.125.